The van der Waals surface area contributed by atoms with Gasteiger partial charge in [0.2, 0.25) is 0 Å². The van der Waals surface area contributed by atoms with Crippen molar-refractivity contribution in [2.45, 2.75) is 19.9 Å². The van der Waals surface area contributed by atoms with Gasteiger partial charge in [-0.05, 0) is 71.5 Å². The Hall–Kier alpha value is -1.07. The number of hydrogen-bond donors (Lipinski definition) is 1. The number of benzene rings is 2. The maximum Gasteiger partial charge on any atom is 0.119 e. The van der Waals surface area contributed by atoms with Gasteiger partial charge in [0.05, 0.1) is 12.6 Å². The Morgan fingerprint density at radius 1 is 0.950 bits per heavy atom. The fourth-order valence-electron chi connectivity index (χ4n) is 2.21. The molecule has 2 aromatic rings. The summed E-state index contributed by atoms with van der Waals surface area (Å²) in [5.41, 5.74) is 2.55. The SMILES string of the molecule is CCNC(c1ccc(I)cc1)c1ccc(OCC)cc1. The number of rotatable bonds is 6. The van der Waals surface area contributed by atoms with Crippen molar-refractivity contribution in [1.29, 1.82) is 0 Å². The van der Waals surface area contributed by atoms with Crippen LogP contribution in [0, 0.1) is 3.57 Å². The van der Waals surface area contributed by atoms with Crippen LogP contribution in [0.4, 0.5) is 0 Å². The molecule has 2 nitrogen and oxygen atoms in total. The highest BCUT2D eigenvalue weighted by molar-refractivity contribution is 14.1. The van der Waals surface area contributed by atoms with E-state index < -0.39 is 0 Å². The smallest absolute Gasteiger partial charge is 0.119 e. The van der Waals surface area contributed by atoms with Crippen LogP contribution in [-0.2, 0) is 0 Å². The molecule has 3 heteroatoms. The zero-order chi connectivity index (χ0) is 14.4. The van der Waals surface area contributed by atoms with Gasteiger partial charge in [0, 0.05) is 3.57 Å². The summed E-state index contributed by atoms with van der Waals surface area (Å²) >= 11 is 2.33. The lowest BCUT2D eigenvalue weighted by Gasteiger charge is -2.19. The molecule has 106 valence electrons. The second kappa shape index (κ2) is 7.64. The van der Waals surface area contributed by atoms with E-state index in [0.717, 1.165) is 12.3 Å². The van der Waals surface area contributed by atoms with Crippen LogP contribution in [0.25, 0.3) is 0 Å². The van der Waals surface area contributed by atoms with Gasteiger partial charge < -0.3 is 10.1 Å². The number of halogens is 1. The van der Waals surface area contributed by atoms with Gasteiger partial charge in [-0.2, -0.15) is 0 Å². The van der Waals surface area contributed by atoms with Gasteiger partial charge in [-0.15, -0.1) is 0 Å². The summed E-state index contributed by atoms with van der Waals surface area (Å²) in [5, 5.41) is 3.54. The van der Waals surface area contributed by atoms with Crippen LogP contribution in [0.15, 0.2) is 48.5 Å². The molecule has 1 unspecified atom stereocenters. The molecule has 0 aliphatic rings. The third-order valence-corrected chi connectivity index (χ3v) is 3.86. The lowest BCUT2D eigenvalue weighted by atomic mass is 9.98. The quantitative estimate of drug-likeness (QED) is 0.750. The molecule has 0 aliphatic carbocycles. The second-order valence-corrected chi connectivity index (χ2v) is 5.79. The molecular weight excluding hydrogens is 361 g/mol. The molecule has 1 atom stereocenters. The largest absolute Gasteiger partial charge is 0.494 e. The van der Waals surface area contributed by atoms with Crippen molar-refractivity contribution in [2.75, 3.05) is 13.2 Å². The van der Waals surface area contributed by atoms with Crippen LogP contribution in [0.5, 0.6) is 5.75 Å². The van der Waals surface area contributed by atoms with E-state index in [9.17, 15) is 0 Å². The summed E-state index contributed by atoms with van der Waals surface area (Å²) in [6, 6.07) is 17.2. The van der Waals surface area contributed by atoms with Crippen LogP contribution < -0.4 is 10.1 Å². The van der Waals surface area contributed by atoms with Crippen molar-refractivity contribution in [2.24, 2.45) is 0 Å². The highest BCUT2D eigenvalue weighted by atomic mass is 127. The van der Waals surface area contributed by atoms with Crippen LogP contribution in [-0.4, -0.2) is 13.2 Å². The zero-order valence-corrected chi connectivity index (χ0v) is 14.1. The molecule has 0 aromatic heterocycles. The molecule has 2 rings (SSSR count). The lowest BCUT2D eigenvalue weighted by Crippen LogP contribution is -2.21. The summed E-state index contributed by atoms with van der Waals surface area (Å²) in [6.45, 7) is 5.77. The van der Waals surface area contributed by atoms with E-state index in [1.165, 1.54) is 14.7 Å². The number of ether oxygens (including phenoxy) is 1. The zero-order valence-electron chi connectivity index (χ0n) is 11.9. The maximum atomic E-state index is 5.50. The Labute approximate surface area is 134 Å². The maximum absolute atomic E-state index is 5.50. The molecule has 1 N–H and O–H groups in total. The third kappa shape index (κ3) is 3.96. The molecule has 0 amide bonds. The second-order valence-electron chi connectivity index (χ2n) is 4.54. The van der Waals surface area contributed by atoms with E-state index in [-0.39, 0.29) is 6.04 Å². The Morgan fingerprint density at radius 3 is 2.00 bits per heavy atom. The molecule has 0 fully saturated rings. The highest BCUT2D eigenvalue weighted by Crippen LogP contribution is 2.24. The average molecular weight is 381 g/mol. The molecule has 0 bridgehead atoms. The van der Waals surface area contributed by atoms with Gasteiger partial charge >= 0.3 is 0 Å². The first-order valence-corrected chi connectivity index (χ1v) is 8.04. The predicted octanol–water partition coefficient (Wildman–Crippen LogP) is 4.39. The van der Waals surface area contributed by atoms with Crippen molar-refractivity contribution in [3.05, 3.63) is 63.2 Å². The Balaban J connectivity index is 2.25. The van der Waals surface area contributed by atoms with E-state index in [1.807, 2.05) is 19.1 Å². The number of hydrogen-bond acceptors (Lipinski definition) is 2. The molecule has 0 saturated heterocycles. The fraction of sp³-hybridized carbons (Fsp3) is 0.294. The molecule has 2 aromatic carbocycles. The summed E-state index contributed by atoms with van der Waals surface area (Å²) in [4.78, 5) is 0. The van der Waals surface area contributed by atoms with Gasteiger partial charge in [-0.1, -0.05) is 31.2 Å². The average Bonchev–Trinajstić information content (AvgIpc) is 2.47. The fourth-order valence-corrected chi connectivity index (χ4v) is 2.57. The predicted molar refractivity (Wildman–Crippen MR) is 92.3 cm³/mol. The van der Waals surface area contributed by atoms with Crippen molar-refractivity contribution in [3.8, 4) is 5.75 Å². The van der Waals surface area contributed by atoms with Gasteiger partial charge in [0.15, 0.2) is 0 Å². The molecule has 0 heterocycles. The first kappa shape index (κ1) is 15.3. The lowest BCUT2D eigenvalue weighted by molar-refractivity contribution is 0.340. The summed E-state index contributed by atoms with van der Waals surface area (Å²) < 4.78 is 6.76. The summed E-state index contributed by atoms with van der Waals surface area (Å²) in [5.74, 6) is 0.925. The molecule has 20 heavy (non-hydrogen) atoms. The van der Waals surface area contributed by atoms with Gasteiger partial charge in [0.1, 0.15) is 5.75 Å². The van der Waals surface area contributed by atoms with Crippen LogP contribution in [0.1, 0.15) is 31.0 Å². The monoisotopic (exact) mass is 381 g/mol. The first-order chi connectivity index (χ1) is 9.74. The Kier molecular flexibility index (Phi) is 5.86. The van der Waals surface area contributed by atoms with Crippen LogP contribution in [0.3, 0.4) is 0 Å². The minimum Gasteiger partial charge on any atom is -0.494 e. The van der Waals surface area contributed by atoms with Gasteiger partial charge in [-0.3, -0.25) is 0 Å². The molecular formula is C17H20INO. The van der Waals surface area contributed by atoms with E-state index in [2.05, 4.69) is 71.2 Å². The van der Waals surface area contributed by atoms with E-state index in [1.54, 1.807) is 0 Å². The Morgan fingerprint density at radius 2 is 1.50 bits per heavy atom. The molecule has 0 radical (unpaired) electrons. The van der Waals surface area contributed by atoms with Crippen molar-refractivity contribution < 1.29 is 4.74 Å². The van der Waals surface area contributed by atoms with Crippen LogP contribution >= 0.6 is 22.6 Å². The van der Waals surface area contributed by atoms with Crippen molar-refractivity contribution in [1.82, 2.24) is 5.32 Å². The molecule has 0 aliphatic heterocycles. The normalized spacial score (nSPS) is 12.2. The molecule has 0 spiro atoms. The third-order valence-electron chi connectivity index (χ3n) is 3.14. The summed E-state index contributed by atoms with van der Waals surface area (Å²) in [7, 11) is 0. The summed E-state index contributed by atoms with van der Waals surface area (Å²) in [6.07, 6.45) is 0. The topological polar surface area (TPSA) is 21.3 Å². The van der Waals surface area contributed by atoms with E-state index in [0.29, 0.717) is 6.61 Å². The van der Waals surface area contributed by atoms with Crippen molar-refractivity contribution in [3.63, 3.8) is 0 Å². The van der Waals surface area contributed by atoms with Gasteiger partial charge in [-0.25, -0.2) is 0 Å². The van der Waals surface area contributed by atoms with Crippen LogP contribution in [0.2, 0.25) is 0 Å². The minimum absolute atomic E-state index is 0.229. The van der Waals surface area contributed by atoms with Crippen molar-refractivity contribution >= 4 is 22.6 Å². The number of nitrogens with one attached hydrogen (secondary N) is 1. The standard InChI is InChI=1S/C17H20INO/c1-3-19-17(13-5-9-15(18)10-6-13)14-7-11-16(12-8-14)20-4-2/h5-12,17,19H,3-4H2,1-2H3. The highest BCUT2D eigenvalue weighted by Gasteiger charge is 2.12. The minimum atomic E-state index is 0.229. The first-order valence-electron chi connectivity index (χ1n) is 6.96. The molecule has 0 saturated carbocycles. The Bertz CT molecular complexity index is 522. The van der Waals surface area contributed by atoms with E-state index >= 15 is 0 Å². The van der Waals surface area contributed by atoms with Gasteiger partial charge in [0.25, 0.3) is 0 Å². The van der Waals surface area contributed by atoms with E-state index in [4.69, 9.17) is 4.74 Å².